The van der Waals surface area contributed by atoms with E-state index in [0.29, 0.717) is 6.10 Å². The van der Waals surface area contributed by atoms with Gasteiger partial charge < -0.3 is 10.1 Å². The number of ether oxygens (including phenoxy) is 1. The van der Waals surface area contributed by atoms with Gasteiger partial charge in [-0.1, -0.05) is 0 Å². The lowest BCUT2D eigenvalue weighted by Crippen LogP contribution is -2.33. The molecule has 4 heteroatoms. The minimum atomic E-state index is 0.427. The Hall–Kier alpha value is -0.870. The van der Waals surface area contributed by atoms with Crippen LogP contribution in [-0.4, -0.2) is 35.6 Å². The Morgan fingerprint density at radius 3 is 3.20 bits per heavy atom. The summed E-state index contributed by atoms with van der Waals surface area (Å²) in [5.41, 5.74) is 0. The van der Waals surface area contributed by atoms with Crippen LogP contribution in [0.15, 0.2) is 18.5 Å². The fraction of sp³-hybridized carbons (Fsp3) is 0.727. The van der Waals surface area contributed by atoms with E-state index >= 15 is 0 Å². The van der Waals surface area contributed by atoms with Crippen molar-refractivity contribution in [2.75, 3.05) is 19.7 Å². The first-order valence-electron chi connectivity index (χ1n) is 5.75. The van der Waals surface area contributed by atoms with Crippen LogP contribution in [0, 0.1) is 0 Å². The molecule has 1 aliphatic heterocycles. The third-order valence-electron chi connectivity index (χ3n) is 2.72. The molecule has 1 fully saturated rings. The van der Waals surface area contributed by atoms with Crippen LogP contribution in [0.1, 0.15) is 19.3 Å². The standard InChI is InChI=1S/C11H19N3O/c1-2-9-15-11(4-1)10-12-6-8-14-7-3-5-13-14/h3,5,7,11-12H,1-2,4,6,8-10H2/t11-/m1/s1. The Morgan fingerprint density at radius 1 is 1.47 bits per heavy atom. The van der Waals surface area contributed by atoms with E-state index in [0.717, 1.165) is 26.2 Å². The van der Waals surface area contributed by atoms with Crippen molar-refractivity contribution in [1.82, 2.24) is 15.1 Å². The second-order valence-corrected chi connectivity index (χ2v) is 3.96. The SMILES string of the molecule is c1cnn(CCNC[C@H]2CCCCO2)c1. The maximum Gasteiger partial charge on any atom is 0.0699 e. The molecule has 4 nitrogen and oxygen atoms in total. The monoisotopic (exact) mass is 209 g/mol. The molecule has 0 bridgehead atoms. The average molecular weight is 209 g/mol. The summed E-state index contributed by atoms with van der Waals surface area (Å²) in [4.78, 5) is 0. The molecule has 2 rings (SSSR count). The lowest BCUT2D eigenvalue weighted by molar-refractivity contribution is 0.0169. The van der Waals surface area contributed by atoms with Gasteiger partial charge in [-0.2, -0.15) is 5.10 Å². The zero-order valence-electron chi connectivity index (χ0n) is 9.06. The van der Waals surface area contributed by atoms with Crippen molar-refractivity contribution in [3.05, 3.63) is 18.5 Å². The van der Waals surface area contributed by atoms with Gasteiger partial charge >= 0.3 is 0 Å². The molecule has 0 saturated carbocycles. The van der Waals surface area contributed by atoms with E-state index < -0.39 is 0 Å². The number of aromatic nitrogens is 2. The fourth-order valence-corrected chi connectivity index (χ4v) is 1.86. The molecule has 1 aliphatic rings. The fourth-order valence-electron chi connectivity index (χ4n) is 1.86. The lowest BCUT2D eigenvalue weighted by Gasteiger charge is -2.22. The maximum atomic E-state index is 5.63. The number of hydrogen-bond donors (Lipinski definition) is 1. The van der Waals surface area contributed by atoms with Gasteiger partial charge in [0.1, 0.15) is 0 Å². The topological polar surface area (TPSA) is 39.1 Å². The predicted octanol–water partition coefficient (Wildman–Crippen LogP) is 1.04. The van der Waals surface area contributed by atoms with Crippen LogP contribution in [0.5, 0.6) is 0 Å². The first-order chi connectivity index (χ1) is 7.45. The van der Waals surface area contributed by atoms with E-state index in [-0.39, 0.29) is 0 Å². The molecule has 15 heavy (non-hydrogen) atoms. The summed E-state index contributed by atoms with van der Waals surface area (Å²) in [6, 6.07) is 1.95. The number of nitrogens with one attached hydrogen (secondary N) is 1. The summed E-state index contributed by atoms with van der Waals surface area (Å²) >= 11 is 0. The van der Waals surface area contributed by atoms with Crippen LogP contribution in [-0.2, 0) is 11.3 Å². The van der Waals surface area contributed by atoms with E-state index in [1.54, 1.807) is 0 Å². The summed E-state index contributed by atoms with van der Waals surface area (Å²) in [5, 5.41) is 7.55. The van der Waals surface area contributed by atoms with Gasteiger partial charge in [-0.15, -0.1) is 0 Å². The normalized spacial score (nSPS) is 21.7. The van der Waals surface area contributed by atoms with Crippen molar-refractivity contribution in [2.45, 2.75) is 31.9 Å². The molecule has 0 spiro atoms. The van der Waals surface area contributed by atoms with Crippen molar-refractivity contribution in [2.24, 2.45) is 0 Å². The largest absolute Gasteiger partial charge is 0.377 e. The molecule has 0 aromatic carbocycles. The van der Waals surface area contributed by atoms with Crippen LogP contribution in [0.2, 0.25) is 0 Å². The number of hydrogen-bond acceptors (Lipinski definition) is 3. The molecule has 2 heterocycles. The Morgan fingerprint density at radius 2 is 2.47 bits per heavy atom. The minimum absolute atomic E-state index is 0.427. The molecular weight excluding hydrogens is 190 g/mol. The molecule has 0 amide bonds. The van der Waals surface area contributed by atoms with Crippen molar-refractivity contribution >= 4 is 0 Å². The van der Waals surface area contributed by atoms with Crippen molar-refractivity contribution in [3.8, 4) is 0 Å². The Balaban J connectivity index is 1.54. The molecule has 1 atom stereocenters. The van der Waals surface area contributed by atoms with E-state index in [4.69, 9.17) is 4.74 Å². The van der Waals surface area contributed by atoms with Crippen molar-refractivity contribution in [1.29, 1.82) is 0 Å². The van der Waals surface area contributed by atoms with Gasteiger partial charge in [0.05, 0.1) is 12.6 Å². The highest BCUT2D eigenvalue weighted by Gasteiger charge is 2.12. The van der Waals surface area contributed by atoms with Crippen molar-refractivity contribution < 1.29 is 4.74 Å². The molecule has 84 valence electrons. The summed E-state index contributed by atoms with van der Waals surface area (Å²) in [6.45, 7) is 3.80. The van der Waals surface area contributed by atoms with E-state index in [1.807, 2.05) is 23.1 Å². The van der Waals surface area contributed by atoms with Crippen LogP contribution in [0.4, 0.5) is 0 Å². The highest BCUT2D eigenvalue weighted by Crippen LogP contribution is 2.11. The molecule has 0 aliphatic carbocycles. The highest BCUT2D eigenvalue weighted by molar-refractivity contribution is 4.77. The van der Waals surface area contributed by atoms with Gasteiger partial charge in [0.2, 0.25) is 0 Å². The van der Waals surface area contributed by atoms with Crippen molar-refractivity contribution in [3.63, 3.8) is 0 Å². The Labute approximate surface area is 90.6 Å². The van der Waals surface area contributed by atoms with Crippen LogP contribution >= 0.6 is 0 Å². The smallest absolute Gasteiger partial charge is 0.0699 e. The predicted molar refractivity (Wildman–Crippen MR) is 58.7 cm³/mol. The Bertz CT molecular complexity index is 255. The van der Waals surface area contributed by atoms with E-state index in [9.17, 15) is 0 Å². The van der Waals surface area contributed by atoms with E-state index in [1.165, 1.54) is 19.3 Å². The quantitative estimate of drug-likeness (QED) is 0.736. The third kappa shape index (κ3) is 3.64. The molecule has 1 N–H and O–H groups in total. The van der Waals surface area contributed by atoms with Crippen LogP contribution in [0.25, 0.3) is 0 Å². The minimum Gasteiger partial charge on any atom is -0.377 e. The second-order valence-electron chi connectivity index (χ2n) is 3.96. The number of nitrogens with zero attached hydrogens (tertiary/aromatic N) is 2. The first kappa shape index (κ1) is 10.6. The molecule has 1 aromatic heterocycles. The molecule has 1 aromatic rings. The van der Waals surface area contributed by atoms with Crippen LogP contribution in [0.3, 0.4) is 0 Å². The van der Waals surface area contributed by atoms with Gasteiger partial charge in [0, 0.05) is 32.1 Å². The van der Waals surface area contributed by atoms with Crippen LogP contribution < -0.4 is 5.32 Å². The third-order valence-corrected chi connectivity index (χ3v) is 2.72. The van der Waals surface area contributed by atoms with Gasteiger partial charge in [-0.25, -0.2) is 0 Å². The zero-order valence-corrected chi connectivity index (χ0v) is 9.06. The molecule has 0 radical (unpaired) electrons. The molecule has 0 unspecified atom stereocenters. The van der Waals surface area contributed by atoms with E-state index in [2.05, 4.69) is 10.4 Å². The summed E-state index contributed by atoms with van der Waals surface area (Å²) in [6.07, 6.45) is 7.96. The van der Waals surface area contributed by atoms with Gasteiger partial charge in [0.15, 0.2) is 0 Å². The van der Waals surface area contributed by atoms with Gasteiger partial charge in [-0.05, 0) is 25.3 Å². The first-order valence-corrected chi connectivity index (χ1v) is 5.75. The maximum absolute atomic E-state index is 5.63. The summed E-state index contributed by atoms with van der Waals surface area (Å²) in [5.74, 6) is 0. The average Bonchev–Trinajstić information content (AvgIpc) is 2.79. The summed E-state index contributed by atoms with van der Waals surface area (Å²) in [7, 11) is 0. The summed E-state index contributed by atoms with van der Waals surface area (Å²) < 4.78 is 7.57. The molecule has 1 saturated heterocycles. The second kappa shape index (κ2) is 5.88. The number of rotatable bonds is 5. The van der Waals surface area contributed by atoms with Gasteiger partial charge in [0.25, 0.3) is 0 Å². The molecular formula is C11H19N3O. The Kier molecular flexibility index (Phi) is 4.17. The van der Waals surface area contributed by atoms with Gasteiger partial charge in [-0.3, -0.25) is 4.68 Å². The highest BCUT2D eigenvalue weighted by atomic mass is 16.5. The lowest BCUT2D eigenvalue weighted by atomic mass is 10.1. The zero-order chi connectivity index (χ0) is 10.3.